The summed E-state index contributed by atoms with van der Waals surface area (Å²) < 4.78 is 0. The van der Waals surface area contributed by atoms with Crippen LogP contribution in [0, 0.1) is 0 Å². The van der Waals surface area contributed by atoms with Crippen molar-refractivity contribution in [1.82, 2.24) is 15.3 Å². The van der Waals surface area contributed by atoms with E-state index in [4.69, 9.17) is 0 Å². The Morgan fingerprint density at radius 1 is 1.61 bits per heavy atom. The molecule has 3 rings (SSSR count). The maximum atomic E-state index is 12.2. The lowest BCUT2D eigenvalue weighted by atomic mass is 9.87. The number of aryl methyl sites for hydroxylation is 1. The summed E-state index contributed by atoms with van der Waals surface area (Å²) in [6.45, 7) is 0.474. The lowest BCUT2D eigenvalue weighted by Gasteiger charge is -2.21. The minimum absolute atomic E-state index is 0.0231. The molecule has 1 atom stereocenters. The van der Waals surface area contributed by atoms with Crippen LogP contribution in [-0.4, -0.2) is 15.9 Å². The fourth-order valence-electron chi connectivity index (χ4n) is 2.45. The molecule has 5 heteroatoms. The van der Waals surface area contributed by atoms with Crippen LogP contribution in [0.5, 0.6) is 0 Å². The third kappa shape index (κ3) is 2.18. The number of amides is 1. The largest absolute Gasteiger partial charge is 0.348 e. The van der Waals surface area contributed by atoms with Gasteiger partial charge in [-0.05, 0) is 36.3 Å². The lowest BCUT2D eigenvalue weighted by Crippen LogP contribution is -2.30. The van der Waals surface area contributed by atoms with Crippen LogP contribution in [0.15, 0.2) is 23.8 Å². The quantitative estimate of drug-likeness (QED) is 0.890. The molecule has 0 saturated carbocycles. The van der Waals surface area contributed by atoms with Gasteiger partial charge in [0.2, 0.25) is 5.91 Å². The highest BCUT2D eigenvalue weighted by Gasteiger charge is 2.26. The molecule has 0 bridgehead atoms. The first kappa shape index (κ1) is 11.5. The van der Waals surface area contributed by atoms with E-state index in [0.29, 0.717) is 6.54 Å². The summed E-state index contributed by atoms with van der Waals surface area (Å²) in [6.07, 6.45) is 6.63. The Hall–Kier alpha value is -1.62. The second kappa shape index (κ2) is 4.94. The van der Waals surface area contributed by atoms with Crippen molar-refractivity contribution in [2.45, 2.75) is 31.7 Å². The Morgan fingerprint density at radius 2 is 2.56 bits per heavy atom. The third-order valence-corrected chi connectivity index (χ3v) is 4.35. The zero-order chi connectivity index (χ0) is 12.4. The molecule has 0 aromatic carbocycles. The standard InChI is InChI=1S/C13H15N3OS/c17-13(16-8-12-14-5-6-15-12)10-2-1-3-11-9(10)4-7-18-11/h4-7,10H,1-3,8H2,(H,14,15)(H,16,17). The van der Waals surface area contributed by atoms with Gasteiger partial charge >= 0.3 is 0 Å². The molecule has 1 aliphatic rings. The number of H-pyrrole nitrogens is 1. The second-order valence-corrected chi connectivity index (χ2v) is 5.50. The van der Waals surface area contributed by atoms with E-state index in [-0.39, 0.29) is 11.8 Å². The first-order valence-corrected chi connectivity index (χ1v) is 7.05. The molecule has 2 aromatic rings. The third-order valence-electron chi connectivity index (χ3n) is 3.35. The first-order chi connectivity index (χ1) is 8.84. The summed E-state index contributed by atoms with van der Waals surface area (Å²) in [7, 11) is 0. The fraction of sp³-hybridized carbons (Fsp3) is 0.385. The molecule has 2 aromatic heterocycles. The van der Waals surface area contributed by atoms with Crippen LogP contribution in [-0.2, 0) is 17.8 Å². The van der Waals surface area contributed by atoms with Crippen molar-refractivity contribution in [1.29, 1.82) is 0 Å². The zero-order valence-electron chi connectivity index (χ0n) is 9.98. The maximum Gasteiger partial charge on any atom is 0.227 e. The summed E-state index contributed by atoms with van der Waals surface area (Å²) >= 11 is 1.76. The van der Waals surface area contributed by atoms with Gasteiger partial charge in [0.25, 0.3) is 0 Å². The Morgan fingerprint density at radius 3 is 3.39 bits per heavy atom. The number of carbonyl (C=O) groups is 1. The highest BCUT2D eigenvalue weighted by molar-refractivity contribution is 7.10. The van der Waals surface area contributed by atoms with Crippen molar-refractivity contribution in [2.24, 2.45) is 0 Å². The van der Waals surface area contributed by atoms with Crippen LogP contribution < -0.4 is 5.32 Å². The van der Waals surface area contributed by atoms with E-state index in [2.05, 4.69) is 26.7 Å². The van der Waals surface area contributed by atoms with E-state index in [1.54, 1.807) is 23.7 Å². The van der Waals surface area contributed by atoms with Crippen molar-refractivity contribution in [3.05, 3.63) is 40.1 Å². The fourth-order valence-corrected chi connectivity index (χ4v) is 3.43. The number of imidazole rings is 1. The highest BCUT2D eigenvalue weighted by Crippen LogP contribution is 2.34. The second-order valence-electron chi connectivity index (χ2n) is 4.50. The van der Waals surface area contributed by atoms with Crippen LogP contribution in [0.2, 0.25) is 0 Å². The van der Waals surface area contributed by atoms with Crippen molar-refractivity contribution in [3.8, 4) is 0 Å². The van der Waals surface area contributed by atoms with Gasteiger partial charge in [0.05, 0.1) is 12.5 Å². The van der Waals surface area contributed by atoms with Gasteiger partial charge in [-0.15, -0.1) is 11.3 Å². The molecule has 1 amide bonds. The summed E-state index contributed by atoms with van der Waals surface area (Å²) in [6, 6.07) is 2.09. The maximum absolute atomic E-state index is 12.2. The SMILES string of the molecule is O=C(NCc1ncc[nH]1)C1CCCc2sccc21. The predicted molar refractivity (Wildman–Crippen MR) is 70.4 cm³/mol. The van der Waals surface area contributed by atoms with E-state index in [9.17, 15) is 4.79 Å². The molecule has 0 radical (unpaired) electrons. The van der Waals surface area contributed by atoms with Crippen molar-refractivity contribution in [3.63, 3.8) is 0 Å². The minimum atomic E-state index is 0.0231. The highest BCUT2D eigenvalue weighted by atomic mass is 32.1. The van der Waals surface area contributed by atoms with Gasteiger partial charge in [0, 0.05) is 17.3 Å². The molecular weight excluding hydrogens is 246 g/mol. The predicted octanol–water partition coefficient (Wildman–Crippen LogP) is 2.21. The Balaban J connectivity index is 1.67. The topological polar surface area (TPSA) is 57.8 Å². The molecule has 0 aliphatic heterocycles. The van der Waals surface area contributed by atoms with E-state index in [0.717, 1.165) is 25.1 Å². The molecule has 2 heterocycles. The summed E-state index contributed by atoms with van der Waals surface area (Å²) in [5.41, 5.74) is 1.23. The van der Waals surface area contributed by atoms with Crippen LogP contribution in [0.1, 0.15) is 35.0 Å². The number of nitrogens with one attached hydrogen (secondary N) is 2. The number of nitrogens with zero attached hydrogens (tertiary/aromatic N) is 1. The molecule has 0 spiro atoms. The Labute approximate surface area is 109 Å². The normalized spacial score (nSPS) is 18.3. The van der Waals surface area contributed by atoms with Crippen LogP contribution in [0.3, 0.4) is 0 Å². The average Bonchev–Trinajstić information content (AvgIpc) is 3.05. The van der Waals surface area contributed by atoms with Gasteiger partial charge in [-0.3, -0.25) is 4.79 Å². The van der Waals surface area contributed by atoms with E-state index in [1.807, 2.05) is 0 Å². The van der Waals surface area contributed by atoms with Crippen LogP contribution in [0.25, 0.3) is 0 Å². The van der Waals surface area contributed by atoms with Gasteiger partial charge in [-0.1, -0.05) is 0 Å². The average molecular weight is 261 g/mol. The molecule has 1 unspecified atom stereocenters. The summed E-state index contributed by atoms with van der Waals surface area (Å²) in [5.74, 6) is 0.936. The van der Waals surface area contributed by atoms with Gasteiger partial charge in [-0.2, -0.15) is 0 Å². The molecule has 4 nitrogen and oxygen atoms in total. The summed E-state index contributed by atoms with van der Waals surface area (Å²) in [5, 5.41) is 5.04. The minimum Gasteiger partial charge on any atom is -0.348 e. The van der Waals surface area contributed by atoms with E-state index >= 15 is 0 Å². The lowest BCUT2D eigenvalue weighted by molar-refractivity contribution is -0.123. The first-order valence-electron chi connectivity index (χ1n) is 6.17. The zero-order valence-corrected chi connectivity index (χ0v) is 10.8. The van der Waals surface area contributed by atoms with Gasteiger partial charge in [0.15, 0.2) is 0 Å². The molecule has 0 fully saturated rings. The van der Waals surface area contributed by atoms with Crippen LogP contribution >= 0.6 is 11.3 Å². The molecule has 2 N–H and O–H groups in total. The monoisotopic (exact) mass is 261 g/mol. The molecule has 1 aliphatic carbocycles. The Kier molecular flexibility index (Phi) is 3.15. The van der Waals surface area contributed by atoms with Crippen molar-refractivity contribution in [2.75, 3.05) is 0 Å². The summed E-state index contributed by atoms with van der Waals surface area (Å²) in [4.78, 5) is 20.7. The van der Waals surface area contributed by atoms with Gasteiger partial charge < -0.3 is 10.3 Å². The smallest absolute Gasteiger partial charge is 0.227 e. The number of carbonyl (C=O) groups excluding carboxylic acids is 1. The van der Waals surface area contributed by atoms with Gasteiger partial charge in [0.1, 0.15) is 5.82 Å². The number of aromatic nitrogens is 2. The number of rotatable bonds is 3. The number of thiophene rings is 1. The molecule has 94 valence electrons. The number of aromatic amines is 1. The van der Waals surface area contributed by atoms with Crippen molar-refractivity contribution < 1.29 is 4.79 Å². The number of hydrogen-bond acceptors (Lipinski definition) is 3. The van der Waals surface area contributed by atoms with Crippen LogP contribution in [0.4, 0.5) is 0 Å². The Bertz CT molecular complexity index is 532. The van der Waals surface area contributed by atoms with Crippen molar-refractivity contribution >= 4 is 17.2 Å². The molecular formula is C13H15N3OS. The van der Waals surface area contributed by atoms with E-state index < -0.39 is 0 Å². The number of hydrogen-bond donors (Lipinski definition) is 2. The molecule has 18 heavy (non-hydrogen) atoms. The number of fused-ring (bicyclic) bond motifs is 1. The molecule has 0 saturated heterocycles. The van der Waals surface area contributed by atoms with E-state index in [1.165, 1.54) is 10.4 Å². The van der Waals surface area contributed by atoms with Gasteiger partial charge in [-0.25, -0.2) is 4.98 Å².